The number of ether oxygens (including phenoxy) is 1. The highest BCUT2D eigenvalue weighted by atomic mass is 16.5. The van der Waals surface area contributed by atoms with Gasteiger partial charge in [0.1, 0.15) is 11.6 Å². The lowest BCUT2D eigenvalue weighted by Gasteiger charge is -2.59. The van der Waals surface area contributed by atoms with Crippen molar-refractivity contribution in [1.29, 1.82) is 0 Å². The predicted molar refractivity (Wildman–Crippen MR) is 133 cm³/mol. The molecule has 0 bridgehead atoms. The van der Waals surface area contributed by atoms with Gasteiger partial charge in [0.05, 0.1) is 12.5 Å². The Hall–Kier alpha value is -2.85. The van der Waals surface area contributed by atoms with Gasteiger partial charge in [-0.15, -0.1) is 0 Å². The van der Waals surface area contributed by atoms with Gasteiger partial charge in [0, 0.05) is 23.2 Å². The van der Waals surface area contributed by atoms with Crippen LogP contribution < -0.4 is 5.32 Å². The van der Waals surface area contributed by atoms with Crippen molar-refractivity contribution in [3.63, 3.8) is 0 Å². The Morgan fingerprint density at radius 2 is 1.89 bits per heavy atom. The van der Waals surface area contributed by atoms with Crippen molar-refractivity contribution in [1.82, 2.24) is 5.32 Å². The zero-order valence-corrected chi connectivity index (χ0v) is 22.1. The van der Waals surface area contributed by atoms with Gasteiger partial charge in [-0.05, 0) is 63.0 Å². The van der Waals surface area contributed by atoms with Crippen molar-refractivity contribution >= 4 is 29.4 Å². The first-order chi connectivity index (χ1) is 17.7. The second-order valence-electron chi connectivity index (χ2n) is 11.8. The number of esters is 1. The molecular weight excluding hydrogens is 494 g/mol. The number of hydrogen-bond acceptors (Lipinski definition) is 8. The van der Waals surface area contributed by atoms with Gasteiger partial charge in [-0.3, -0.25) is 24.0 Å². The molecule has 0 aliphatic heterocycles. The van der Waals surface area contributed by atoms with E-state index in [1.165, 1.54) is 6.92 Å². The van der Waals surface area contributed by atoms with Crippen molar-refractivity contribution < 1.29 is 44.0 Å². The second-order valence-corrected chi connectivity index (χ2v) is 11.8. The summed E-state index contributed by atoms with van der Waals surface area (Å²) in [6, 6.07) is -1.10. The summed E-state index contributed by atoms with van der Waals surface area (Å²) in [7, 11) is 0. The number of Topliss-reactive ketones (excluding diaryl/α,β-unsaturated/α-hetero) is 1. The number of ketones is 2. The van der Waals surface area contributed by atoms with Gasteiger partial charge in [0.25, 0.3) is 0 Å². The topological polar surface area (TPSA) is 167 Å². The summed E-state index contributed by atoms with van der Waals surface area (Å²) in [4.78, 5) is 60.0. The first kappa shape index (κ1) is 28.2. The number of amides is 1. The number of hydrogen-bond donors (Lipinski definition) is 4. The molecule has 0 radical (unpaired) electrons. The summed E-state index contributed by atoms with van der Waals surface area (Å²) in [6.07, 6.45) is 6.20. The van der Waals surface area contributed by atoms with Crippen LogP contribution in [0.3, 0.4) is 0 Å². The lowest BCUT2D eigenvalue weighted by Crippen LogP contribution is -2.61. The van der Waals surface area contributed by atoms with Gasteiger partial charge in [-0.25, -0.2) is 0 Å². The minimum Gasteiger partial charge on any atom is -0.480 e. The number of aliphatic carboxylic acids is 1. The number of carbonyl (C=O) groups is 5. The molecule has 0 aromatic rings. The molecule has 0 aromatic carbocycles. The number of nitrogens with one attached hydrogen (secondary N) is 1. The summed E-state index contributed by atoms with van der Waals surface area (Å²) in [5.74, 6) is -3.41. The van der Waals surface area contributed by atoms with Crippen molar-refractivity contribution in [2.24, 2.45) is 28.6 Å². The Morgan fingerprint density at radius 1 is 1.18 bits per heavy atom. The van der Waals surface area contributed by atoms with Gasteiger partial charge < -0.3 is 25.4 Å². The number of carboxylic acids is 1. The molecule has 3 saturated carbocycles. The Morgan fingerprint density at radius 3 is 2.58 bits per heavy atom. The SMILES string of the molecule is C[C@H](NC(=O)CCC(=O)OCC(=O)[C@]1(O)CC[C@H]2[C@@H]3CCC4=CC(=O)C=C[C@]4(C)[C@H]3[C@H](O)C[C@@]21C)C(=O)O. The molecule has 0 saturated heterocycles. The molecule has 4 N–H and O–H groups in total. The van der Waals surface area contributed by atoms with Crippen LogP contribution in [0.4, 0.5) is 0 Å². The van der Waals surface area contributed by atoms with Gasteiger partial charge in [-0.2, -0.15) is 0 Å². The molecule has 8 atom stereocenters. The van der Waals surface area contributed by atoms with E-state index in [0.29, 0.717) is 6.42 Å². The summed E-state index contributed by atoms with van der Waals surface area (Å²) >= 11 is 0. The van der Waals surface area contributed by atoms with Crippen LogP contribution in [0.1, 0.15) is 65.7 Å². The molecule has 0 unspecified atom stereocenters. The third-order valence-corrected chi connectivity index (χ3v) is 9.78. The average molecular weight is 532 g/mol. The Kier molecular flexibility index (Phi) is 7.44. The number of allylic oxidation sites excluding steroid dienone is 4. The van der Waals surface area contributed by atoms with Crippen LogP contribution >= 0.6 is 0 Å². The summed E-state index contributed by atoms with van der Waals surface area (Å²) < 4.78 is 5.08. The molecular formula is C28H37NO9. The molecule has 0 aromatic heterocycles. The smallest absolute Gasteiger partial charge is 0.325 e. The zero-order chi connectivity index (χ0) is 28.0. The number of rotatable bonds is 8. The van der Waals surface area contributed by atoms with E-state index in [0.717, 1.165) is 18.4 Å². The highest BCUT2D eigenvalue weighted by Crippen LogP contribution is 2.67. The molecule has 10 nitrogen and oxygen atoms in total. The van der Waals surface area contributed by atoms with Crippen molar-refractivity contribution in [3.05, 3.63) is 23.8 Å². The van der Waals surface area contributed by atoms with E-state index < -0.39 is 58.8 Å². The molecule has 4 aliphatic carbocycles. The molecule has 3 fully saturated rings. The maximum absolute atomic E-state index is 13.3. The van der Waals surface area contributed by atoms with Gasteiger partial charge in [0.15, 0.2) is 12.4 Å². The van der Waals surface area contributed by atoms with E-state index in [1.807, 2.05) is 13.0 Å². The normalized spacial score (nSPS) is 38.2. The summed E-state index contributed by atoms with van der Waals surface area (Å²) in [5.41, 5.74) is -2.10. The molecule has 0 heterocycles. The zero-order valence-electron chi connectivity index (χ0n) is 22.1. The maximum atomic E-state index is 13.3. The summed E-state index contributed by atoms with van der Waals surface area (Å²) in [5, 5.41) is 34.2. The molecule has 10 heteroatoms. The first-order valence-electron chi connectivity index (χ1n) is 13.3. The fourth-order valence-electron chi connectivity index (χ4n) is 7.72. The number of fused-ring (bicyclic) bond motifs is 5. The van der Waals surface area contributed by atoms with Gasteiger partial charge in [0.2, 0.25) is 11.7 Å². The predicted octanol–water partition coefficient (Wildman–Crippen LogP) is 1.48. The molecule has 38 heavy (non-hydrogen) atoms. The first-order valence-corrected chi connectivity index (χ1v) is 13.3. The molecule has 4 rings (SSSR count). The highest BCUT2D eigenvalue weighted by molar-refractivity contribution is 6.01. The van der Waals surface area contributed by atoms with Crippen molar-refractivity contribution in [3.8, 4) is 0 Å². The van der Waals surface area contributed by atoms with Crippen LogP contribution in [0.5, 0.6) is 0 Å². The third-order valence-electron chi connectivity index (χ3n) is 9.78. The quantitative estimate of drug-likeness (QED) is 0.339. The average Bonchev–Trinajstić information content (AvgIpc) is 3.12. The Bertz CT molecular complexity index is 1110. The van der Waals surface area contributed by atoms with E-state index in [4.69, 9.17) is 9.84 Å². The molecule has 4 aliphatic rings. The largest absolute Gasteiger partial charge is 0.480 e. The van der Waals surface area contributed by atoms with Crippen LogP contribution in [-0.2, 0) is 28.7 Å². The fraction of sp³-hybridized carbons (Fsp3) is 0.679. The van der Waals surface area contributed by atoms with E-state index in [-0.39, 0.29) is 49.2 Å². The van der Waals surface area contributed by atoms with Crippen LogP contribution in [0, 0.1) is 28.6 Å². The Balaban J connectivity index is 1.40. The van der Waals surface area contributed by atoms with Crippen molar-refractivity contribution in [2.75, 3.05) is 6.61 Å². The van der Waals surface area contributed by atoms with Gasteiger partial charge >= 0.3 is 11.9 Å². The monoisotopic (exact) mass is 531 g/mol. The number of carboxylic acid groups (broad SMARTS) is 1. The standard InChI is InChI=1S/C28H37NO9/c1-15(25(35)36)29-22(33)6-7-23(34)38-14-21(32)28(37)11-9-19-18-5-4-16-12-17(30)8-10-26(16,2)24(18)20(31)13-27(19,28)3/h8,10,12,15,18-20,24,31,37H,4-7,9,11,13-14H2,1-3H3,(H,29,33)(H,35,36)/t15-,18-,19-,20+,24+,26-,27-,28+/m0/s1. The van der Waals surface area contributed by atoms with E-state index in [2.05, 4.69) is 12.2 Å². The maximum Gasteiger partial charge on any atom is 0.325 e. The fourth-order valence-corrected chi connectivity index (χ4v) is 7.72. The number of aliphatic hydroxyl groups is 2. The third kappa shape index (κ3) is 4.62. The lowest BCUT2D eigenvalue weighted by molar-refractivity contribution is -0.181. The second kappa shape index (κ2) is 10.0. The van der Waals surface area contributed by atoms with E-state index in [9.17, 15) is 34.2 Å². The molecule has 0 spiro atoms. The Labute approximate surface area is 221 Å². The minimum absolute atomic E-state index is 0.0233. The minimum atomic E-state index is -1.77. The van der Waals surface area contributed by atoms with Crippen molar-refractivity contribution in [2.45, 2.75) is 83.5 Å². The van der Waals surface area contributed by atoms with Crippen LogP contribution in [-0.4, -0.2) is 69.1 Å². The molecule has 1 amide bonds. The lowest BCUT2D eigenvalue weighted by atomic mass is 9.46. The van der Waals surface area contributed by atoms with Crippen LogP contribution in [0.25, 0.3) is 0 Å². The molecule has 208 valence electrons. The van der Waals surface area contributed by atoms with Crippen LogP contribution in [0.2, 0.25) is 0 Å². The van der Waals surface area contributed by atoms with Crippen LogP contribution in [0.15, 0.2) is 23.8 Å². The van der Waals surface area contributed by atoms with E-state index in [1.54, 1.807) is 12.2 Å². The highest BCUT2D eigenvalue weighted by Gasteiger charge is 2.68. The van der Waals surface area contributed by atoms with E-state index >= 15 is 0 Å². The number of carbonyl (C=O) groups excluding carboxylic acids is 4. The number of aliphatic hydroxyl groups excluding tert-OH is 1. The summed E-state index contributed by atoms with van der Waals surface area (Å²) in [6.45, 7) is 4.54. The van der Waals surface area contributed by atoms with Gasteiger partial charge in [-0.1, -0.05) is 25.5 Å².